The first-order valence-corrected chi connectivity index (χ1v) is 13.0. The van der Waals surface area contributed by atoms with Gasteiger partial charge in [-0.25, -0.2) is 4.79 Å². The molecule has 0 aliphatic carbocycles. The molecule has 11 nitrogen and oxygen atoms in total. The molecule has 0 spiro atoms. The van der Waals surface area contributed by atoms with Crippen LogP contribution < -0.4 is 9.64 Å². The molecule has 2 fully saturated rings. The molecule has 3 aliphatic rings. The third kappa shape index (κ3) is 6.63. The van der Waals surface area contributed by atoms with Gasteiger partial charge in [0.2, 0.25) is 0 Å². The summed E-state index contributed by atoms with van der Waals surface area (Å²) in [6.45, 7) is 6.62. The number of likely N-dealkylation sites (tertiary alicyclic amines) is 1. The zero-order valence-corrected chi connectivity index (χ0v) is 22.6. The second-order valence-corrected chi connectivity index (χ2v) is 11.1. The highest BCUT2D eigenvalue weighted by Crippen LogP contribution is 2.35. The lowest BCUT2D eigenvalue weighted by Crippen LogP contribution is -2.56. The number of nitrogens with zero attached hydrogens (tertiary/aromatic N) is 7. The number of carbonyl (C=O) groups excluding carboxylic acids is 2. The van der Waals surface area contributed by atoms with Gasteiger partial charge in [0.05, 0.1) is 37.3 Å². The van der Waals surface area contributed by atoms with Crippen LogP contribution in [0.3, 0.4) is 0 Å². The average molecular weight is 554 g/mol. The predicted octanol–water partition coefficient (Wildman–Crippen LogP) is 2.69. The maximum Gasteiger partial charge on any atom is 0.471 e. The Hall–Kier alpha value is -3.34. The highest BCUT2D eigenvalue weighted by Gasteiger charge is 2.45. The first-order valence-electron chi connectivity index (χ1n) is 13.0. The second kappa shape index (κ2) is 11.0. The number of rotatable bonds is 5. The quantitative estimate of drug-likeness (QED) is 0.543. The number of hydrogen-bond donors (Lipinski definition) is 0. The molecule has 4 heterocycles. The number of halogens is 3. The summed E-state index contributed by atoms with van der Waals surface area (Å²) in [5, 5.41) is 9.43. The van der Waals surface area contributed by atoms with Gasteiger partial charge in [-0.05, 0) is 47.2 Å². The molecule has 39 heavy (non-hydrogen) atoms. The van der Waals surface area contributed by atoms with Crippen LogP contribution in [0, 0.1) is 11.3 Å². The van der Waals surface area contributed by atoms with E-state index in [1.54, 1.807) is 20.8 Å². The summed E-state index contributed by atoms with van der Waals surface area (Å²) in [6, 6.07) is 1.76. The van der Waals surface area contributed by atoms with Crippen LogP contribution in [0.1, 0.15) is 51.3 Å². The monoisotopic (exact) mass is 553 g/mol. The molecule has 0 bridgehead atoms. The third-order valence-corrected chi connectivity index (χ3v) is 7.08. The van der Waals surface area contributed by atoms with Gasteiger partial charge in [0, 0.05) is 31.2 Å². The Bertz CT molecular complexity index is 1130. The minimum atomic E-state index is -5.01. The Balaban J connectivity index is 1.60. The number of likely N-dealkylation sites (N-methyl/N-ethyl adjacent to an activating group) is 1. The molecule has 4 rings (SSSR count). The number of piperazine rings is 1. The van der Waals surface area contributed by atoms with E-state index in [0.717, 1.165) is 19.4 Å². The zero-order valence-electron chi connectivity index (χ0n) is 22.6. The first kappa shape index (κ1) is 28.7. The number of amides is 2. The van der Waals surface area contributed by atoms with E-state index in [9.17, 15) is 28.0 Å². The summed E-state index contributed by atoms with van der Waals surface area (Å²) in [5.41, 5.74) is -0.0226. The van der Waals surface area contributed by atoms with Gasteiger partial charge in [-0.2, -0.15) is 28.4 Å². The van der Waals surface area contributed by atoms with Crippen LogP contribution in [-0.2, 0) is 22.6 Å². The molecule has 0 unspecified atom stereocenters. The van der Waals surface area contributed by atoms with Crippen molar-refractivity contribution < 1.29 is 32.2 Å². The number of alkyl halides is 3. The lowest BCUT2D eigenvalue weighted by Gasteiger charge is -2.41. The number of aromatic nitrogens is 2. The van der Waals surface area contributed by atoms with Crippen LogP contribution in [0.2, 0.25) is 0 Å². The minimum Gasteiger partial charge on any atom is -0.462 e. The van der Waals surface area contributed by atoms with Gasteiger partial charge in [-0.15, -0.1) is 0 Å². The number of hydrogen-bond acceptors (Lipinski definition) is 9. The van der Waals surface area contributed by atoms with Crippen molar-refractivity contribution in [3.8, 4) is 12.1 Å². The fourth-order valence-corrected chi connectivity index (χ4v) is 5.11. The summed E-state index contributed by atoms with van der Waals surface area (Å²) in [7, 11) is 2.00. The largest absolute Gasteiger partial charge is 0.471 e. The van der Waals surface area contributed by atoms with Crippen molar-refractivity contribution in [1.29, 1.82) is 5.26 Å². The fourth-order valence-electron chi connectivity index (χ4n) is 5.11. The fraction of sp³-hybridized carbons (Fsp3) is 0.720. The smallest absolute Gasteiger partial charge is 0.462 e. The molecule has 1 aromatic heterocycles. The van der Waals surface area contributed by atoms with Gasteiger partial charge < -0.3 is 29.1 Å². The van der Waals surface area contributed by atoms with Gasteiger partial charge in [0.1, 0.15) is 18.0 Å². The predicted molar refractivity (Wildman–Crippen MR) is 133 cm³/mol. The molecular weight excluding hydrogens is 519 g/mol. The van der Waals surface area contributed by atoms with Gasteiger partial charge in [0.15, 0.2) is 0 Å². The van der Waals surface area contributed by atoms with Crippen LogP contribution in [-0.4, -0.2) is 100 Å². The Kier molecular flexibility index (Phi) is 8.11. The van der Waals surface area contributed by atoms with Gasteiger partial charge in [-0.3, -0.25) is 4.79 Å². The summed E-state index contributed by atoms with van der Waals surface area (Å²) < 4.78 is 51.1. The molecule has 0 N–H and O–H groups in total. The highest BCUT2D eigenvalue weighted by molar-refractivity contribution is 5.82. The van der Waals surface area contributed by atoms with Gasteiger partial charge in [0.25, 0.3) is 0 Å². The summed E-state index contributed by atoms with van der Waals surface area (Å²) >= 11 is 0. The SMILES string of the molecule is CN1CCC[C@H]1COc1nc2c(c(N3CCN(C(=O)OC(C)(C)C)[C@@H](CC#N)C3)n1)CN(C(=O)C(F)(F)F)C2. The van der Waals surface area contributed by atoms with E-state index in [1.165, 1.54) is 4.90 Å². The summed E-state index contributed by atoms with van der Waals surface area (Å²) in [4.78, 5) is 40.0. The lowest BCUT2D eigenvalue weighted by molar-refractivity contribution is -0.186. The van der Waals surface area contributed by atoms with Crippen molar-refractivity contribution >= 4 is 17.8 Å². The Morgan fingerprint density at radius 1 is 1.10 bits per heavy atom. The normalized spacial score (nSPS) is 22.1. The van der Waals surface area contributed by atoms with Crippen molar-refractivity contribution in [3.63, 3.8) is 0 Å². The van der Waals surface area contributed by atoms with Crippen molar-refractivity contribution in [3.05, 3.63) is 11.3 Å². The summed E-state index contributed by atoms with van der Waals surface area (Å²) in [5.74, 6) is -1.60. The molecule has 2 saturated heterocycles. The standard InChI is InChI=1S/C25H34F3N7O4/c1-24(2,3)39-23(37)35-11-10-33(12-16(35)7-8-29)20-18-13-34(21(36)25(26,27)28)14-19(18)30-22(31-20)38-15-17-6-5-9-32(17)4/h16-17H,5-7,9-15H2,1-4H3/t16-,17-/m0/s1. The highest BCUT2D eigenvalue weighted by atomic mass is 19.4. The first-order chi connectivity index (χ1) is 18.3. The molecule has 2 atom stereocenters. The van der Waals surface area contributed by atoms with Crippen molar-refractivity contribution in [2.75, 3.05) is 44.7 Å². The van der Waals surface area contributed by atoms with Crippen molar-refractivity contribution in [1.82, 2.24) is 24.7 Å². The van der Waals surface area contributed by atoms with Crippen LogP contribution in [0.4, 0.5) is 23.8 Å². The topological polar surface area (TPSA) is 115 Å². The zero-order chi connectivity index (χ0) is 28.5. The number of ether oxygens (including phenoxy) is 2. The molecule has 2 amide bonds. The van der Waals surface area contributed by atoms with E-state index in [0.29, 0.717) is 35.1 Å². The molecule has 14 heteroatoms. The Labute approximate surface area is 225 Å². The number of carbonyl (C=O) groups is 2. The summed E-state index contributed by atoms with van der Waals surface area (Å²) in [6.07, 6.45) is -3.54. The molecule has 214 valence electrons. The lowest BCUT2D eigenvalue weighted by atomic mass is 10.1. The van der Waals surface area contributed by atoms with E-state index in [4.69, 9.17) is 9.47 Å². The van der Waals surface area contributed by atoms with Crippen molar-refractivity contribution in [2.45, 2.75) is 77.0 Å². The van der Waals surface area contributed by atoms with Gasteiger partial charge >= 0.3 is 24.2 Å². The molecule has 0 saturated carbocycles. The maximum absolute atomic E-state index is 13.2. The average Bonchev–Trinajstić information content (AvgIpc) is 3.45. The van der Waals surface area contributed by atoms with Crippen LogP contribution in [0.5, 0.6) is 6.01 Å². The third-order valence-electron chi connectivity index (χ3n) is 7.08. The van der Waals surface area contributed by atoms with Crippen LogP contribution in [0.25, 0.3) is 0 Å². The van der Waals surface area contributed by atoms with E-state index < -0.39 is 29.8 Å². The van der Waals surface area contributed by atoms with Gasteiger partial charge in [-0.1, -0.05) is 0 Å². The Morgan fingerprint density at radius 3 is 2.46 bits per heavy atom. The number of fused-ring (bicyclic) bond motifs is 1. The van der Waals surface area contributed by atoms with E-state index in [-0.39, 0.29) is 44.7 Å². The Morgan fingerprint density at radius 2 is 1.85 bits per heavy atom. The maximum atomic E-state index is 13.2. The van der Waals surface area contributed by atoms with Crippen LogP contribution in [0.15, 0.2) is 0 Å². The number of anilines is 1. The van der Waals surface area contributed by atoms with Crippen LogP contribution >= 0.6 is 0 Å². The number of nitriles is 1. The molecule has 0 aromatic carbocycles. The second-order valence-electron chi connectivity index (χ2n) is 11.1. The molecule has 0 radical (unpaired) electrons. The molecule has 3 aliphatic heterocycles. The van der Waals surface area contributed by atoms with E-state index in [1.807, 2.05) is 11.9 Å². The molecular formula is C25H34F3N7O4. The van der Waals surface area contributed by atoms with E-state index >= 15 is 0 Å². The molecule has 1 aromatic rings. The minimum absolute atomic E-state index is 0.0248. The van der Waals surface area contributed by atoms with E-state index in [2.05, 4.69) is 20.9 Å². The van der Waals surface area contributed by atoms with Crippen molar-refractivity contribution in [2.24, 2.45) is 0 Å².